The van der Waals surface area contributed by atoms with Crippen LogP contribution in [0, 0.1) is 0 Å². The van der Waals surface area contributed by atoms with Crippen molar-refractivity contribution in [3.05, 3.63) is 278 Å². The van der Waals surface area contributed by atoms with Crippen molar-refractivity contribution in [3.8, 4) is 0 Å². The molecule has 0 saturated carbocycles. The van der Waals surface area contributed by atoms with Gasteiger partial charge < -0.3 is 0 Å². The van der Waals surface area contributed by atoms with E-state index >= 15 is 0 Å². The molecule has 0 atom stereocenters. The van der Waals surface area contributed by atoms with E-state index in [1.807, 2.05) is 0 Å². The molecule has 360 valence electrons. The number of benzene rings is 10. The summed E-state index contributed by atoms with van der Waals surface area (Å²) in [6.07, 6.45) is 2.01. The van der Waals surface area contributed by atoms with Crippen molar-refractivity contribution in [2.45, 2.75) is 12.3 Å². The van der Waals surface area contributed by atoms with Crippen molar-refractivity contribution in [2.75, 3.05) is 0 Å². The van der Waals surface area contributed by atoms with Gasteiger partial charge >= 0.3 is 99.2 Å². The van der Waals surface area contributed by atoms with Gasteiger partial charge in [-0.2, -0.15) is 0 Å². The van der Waals surface area contributed by atoms with Crippen LogP contribution < -0.4 is 31.8 Å². The normalized spacial score (nSPS) is 12.0. The summed E-state index contributed by atoms with van der Waals surface area (Å²) in [5.74, 6) is 0. The minimum Gasteiger partial charge on any atom is -0.0620 e. The molecule has 0 bridgehead atoms. The van der Waals surface area contributed by atoms with Gasteiger partial charge in [0.05, 0.1) is 12.3 Å². The molecule has 70 heavy (non-hydrogen) atoms. The number of hydrogen-bond acceptors (Lipinski definition) is 0. The molecular formula is C58H48Cl8Mn2P2. The second-order valence-electron chi connectivity index (χ2n) is 15.9. The minimum absolute atomic E-state index is 1.01. The van der Waals surface area contributed by atoms with Crippen molar-refractivity contribution in [1.82, 2.24) is 0 Å². The topological polar surface area (TPSA) is 0 Å². The summed E-state index contributed by atoms with van der Waals surface area (Å²) >= 11 is 0. The first-order chi connectivity index (χ1) is 33.8. The molecule has 0 nitrogen and oxygen atoms in total. The summed E-state index contributed by atoms with van der Waals surface area (Å²) in [4.78, 5) is 0. The van der Waals surface area contributed by atoms with Crippen LogP contribution >= 0.6 is 95.3 Å². The molecule has 0 saturated heterocycles. The number of fused-ring (bicyclic) bond motifs is 2. The molecule has 0 aliphatic rings. The molecule has 0 aliphatic heterocycles. The summed E-state index contributed by atoms with van der Waals surface area (Å²) in [6, 6.07) is 97.6. The molecule has 0 aromatic heterocycles. The minimum atomic E-state index is -2.74. The van der Waals surface area contributed by atoms with Crippen molar-refractivity contribution in [2.24, 2.45) is 0 Å². The summed E-state index contributed by atoms with van der Waals surface area (Å²) in [6.45, 7) is 0. The van der Waals surface area contributed by atoms with Crippen LogP contribution in [0.25, 0.3) is 21.5 Å². The maximum atomic E-state index is 4.97. The van der Waals surface area contributed by atoms with E-state index in [-0.39, 0.29) is 0 Å². The average molecular weight is 1200 g/mol. The van der Waals surface area contributed by atoms with Crippen LogP contribution in [0.3, 0.4) is 0 Å². The van der Waals surface area contributed by atoms with Gasteiger partial charge in [-0.25, -0.2) is 0 Å². The van der Waals surface area contributed by atoms with E-state index in [1.165, 1.54) is 64.5 Å². The Morgan fingerprint density at radius 1 is 0.229 bits per heavy atom. The van der Waals surface area contributed by atoms with Gasteiger partial charge in [0.15, 0.2) is 0 Å². The zero-order valence-electron chi connectivity index (χ0n) is 37.5. The van der Waals surface area contributed by atoms with Crippen LogP contribution in [0.2, 0.25) is 0 Å². The summed E-state index contributed by atoms with van der Waals surface area (Å²) in [5.41, 5.74) is 2.83. The second kappa shape index (κ2) is 26.2. The fraction of sp³-hybridized carbons (Fsp3) is 0.0345. The quantitative estimate of drug-likeness (QED) is 0.0946. The number of rotatable bonds is 10. The van der Waals surface area contributed by atoms with E-state index in [4.69, 9.17) is 80.8 Å². The average Bonchev–Trinajstić information content (AvgIpc) is 3.38. The van der Waals surface area contributed by atoms with Crippen LogP contribution in [-0.4, -0.2) is 0 Å². The Morgan fingerprint density at radius 3 is 0.643 bits per heavy atom. The van der Waals surface area contributed by atoms with E-state index in [0.29, 0.717) is 0 Å². The zero-order valence-corrected chi connectivity index (χ0v) is 47.7. The molecule has 0 N–H and O–H groups in total. The molecule has 0 aliphatic carbocycles. The van der Waals surface area contributed by atoms with Crippen LogP contribution in [0.4, 0.5) is 0 Å². The Hall–Kier alpha value is -3.06. The Labute approximate surface area is 452 Å². The Morgan fingerprint density at radius 2 is 0.414 bits per heavy atom. The molecule has 0 radical (unpaired) electrons. The maximum Gasteiger partial charge on any atom is 0.116 e. The van der Waals surface area contributed by atoms with E-state index in [1.54, 1.807) is 0 Å². The number of halogens is 8. The van der Waals surface area contributed by atoms with Gasteiger partial charge in [-0.1, -0.05) is 194 Å². The third-order valence-corrected chi connectivity index (χ3v) is 20.5. The first-order valence-electron chi connectivity index (χ1n) is 21.9. The van der Waals surface area contributed by atoms with Crippen LogP contribution in [0.1, 0.15) is 11.1 Å². The molecule has 0 fully saturated rings. The summed E-state index contributed by atoms with van der Waals surface area (Å²) in [5, 5.41) is 13.9. The van der Waals surface area contributed by atoms with Gasteiger partial charge in [0.2, 0.25) is 0 Å². The predicted molar refractivity (Wildman–Crippen MR) is 312 cm³/mol. The SMILES string of the molecule is [Cl][Mn-]([Cl])([Cl])[Cl].[Cl][Mn-]([Cl])([Cl])[Cl].c1ccc([P+](Cc2cccc3ccccc23)(c2ccccc2)c2ccccc2)cc1.c1ccc([P+](Cc2cccc3ccccc23)(c2ccccc2)c2ccccc2)cc1. The molecule has 12 heteroatoms. The molecule has 10 rings (SSSR count). The van der Waals surface area contributed by atoms with E-state index in [0.717, 1.165) is 12.3 Å². The van der Waals surface area contributed by atoms with Crippen LogP contribution in [0.5, 0.6) is 0 Å². The maximum absolute atomic E-state index is 4.97. The van der Waals surface area contributed by atoms with Gasteiger partial charge in [0.1, 0.15) is 46.4 Å². The number of hydrogen-bond donors (Lipinski definition) is 0. The molecule has 10 aromatic carbocycles. The molecule has 10 aromatic rings. The first kappa shape index (κ1) is 54.7. The van der Waals surface area contributed by atoms with E-state index < -0.39 is 32.9 Å². The van der Waals surface area contributed by atoms with Gasteiger partial charge in [0, 0.05) is 0 Å². The largest absolute Gasteiger partial charge is 0.116 e. The fourth-order valence-corrected chi connectivity index (χ4v) is 17.5. The van der Waals surface area contributed by atoms with Crippen LogP contribution in [-0.2, 0) is 30.7 Å². The Kier molecular flexibility index (Phi) is 20.5. The monoisotopic (exact) mass is 1200 g/mol. The van der Waals surface area contributed by atoms with Gasteiger partial charge in [-0.3, -0.25) is 0 Å². The molecule has 0 unspecified atom stereocenters. The Balaban J connectivity index is 0.000000173. The summed E-state index contributed by atoms with van der Waals surface area (Å²) in [7, 11) is 30.5. The summed E-state index contributed by atoms with van der Waals surface area (Å²) < 4.78 is 0. The third-order valence-electron chi connectivity index (χ3n) is 11.8. The molecule has 0 spiro atoms. The molecule has 0 amide bonds. The van der Waals surface area contributed by atoms with Gasteiger partial charge in [0.25, 0.3) is 0 Å². The predicted octanol–water partition coefficient (Wildman–Crippen LogP) is 18.2. The second-order valence-corrected chi connectivity index (χ2v) is 46.2. The Bertz CT molecular complexity index is 2710. The van der Waals surface area contributed by atoms with Crippen molar-refractivity contribution in [3.63, 3.8) is 0 Å². The van der Waals surface area contributed by atoms with E-state index in [9.17, 15) is 0 Å². The molecule has 0 heterocycles. The van der Waals surface area contributed by atoms with Gasteiger partial charge in [-0.15, -0.1) is 0 Å². The first-order valence-corrected chi connectivity index (χ1v) is 38.9. The smallest absolute Gasteiger partial charge is 0.0620 e. The van der Waals surface area contributed by atoms with E-state index in [2.05, 4.69) is 267 Å². The zero-order chi connectivity index (χ0) is 49.5. The third kappa shape index (κ3) is 15.0. The van der Waals surface area contributed by atoms with Crippen molar-refractivity contribution >= 4 is 149 Å². The van der Waals surface area contributed by atoms with Crippen molar-refractivity contribution in [1.29, 1.82) is 0 Å². The fourth-order valence-electron chi connectivity index (χ4n) is 8.91. The standard InChI is InChI=1S/2C29H24P.8ClH.2Mn/c2*1-4-16-26(17-5-1)30(27-18-6-2-7-19-27,28-20-8-3-9-21-28)23-25-15-12-14-24-13-10-11-22-29(24)25;;;;;;;;;;/h2*1-22H,23H2;8*1H;;/q2*+1;;;;;;;;;2*+3/p-8. The molecular weight excluding hydrogens is 1150 g/mol. The van der Waals surface area contributed by atoms with Crippen molar-refractivity contribution < 1.29 is 18.4 Å². The van der Waals surface area contributed by atoms with Gasteiger partial charge in [-0.05, 0) is 105 Å². The van der Waals surface area contributed by atoms with Crippen LogP contribution in [0.15, 0.2) is 267 Å².